The zero-order chi connectivity index (χ0) is 14.8. The van der Waals surface area contributed by atoms with Crippen LogP contribution >= 0.6 is 0 Å². The highest BCUT2D eigenvalue weighted by molar-refractivity contribution is 5.11. The van der Waals surface area contributed by atoms with E-state index >= 15 is 0 Å². The molecule has 0 radical (unpaired) electrons. The molecule has 2 aromatic heterocycles. The van der Waals surface area contributed by atoms with E-state index in [0.29, 0.717) is 5.88 Å². The summed E-state index contributed by atoms with van der Waals surface area (Å²) < 4.78 is 17.4. The van der Waals surface area contributed by atoms with E-state index in [0.717, 1.165) is 44.8 Å². The van der Waals surface area contributed by atoms with Crippen molar-refractivity contribution in [3.63, 3.8) is 0 Å². The second-order valence-electron chi connectivity index (χ2n) is 6.16. The van der Waals surface area contributed by atoms with Crippen LogP contribution in [0.2, 0.25) is 0 Å². The van der Waals surface area contributed by atoms with Gasteiger partial charge in [0.05, 0.1) is 25.0 Å². The van der Waals surface area contributed by atoms with Crippen molar-refractivity contribution in [2.75, 3.05) is 19.7 Å². The summed E-state index contributed by atoms with van der Waals surface area (Å²) >= 11 is 0. The molecule has 0 amide bonds. The molecule has 1 atom stereocenters. The molecule has 2 aliphatic rings. The van der Waals surface area contributed by atoms with Gasteiger partial charge in [-0.15, -0.1) is 0 Å². The molecule has 22 heavy (non-hydrogen) atoms. The number of rotatable bonds is 4. The van der Waals surface area contributed by atoms with Crippen LogP contribution in [0.3, 0.4) is 0 Å². The predicted octanol–water partition coefficient (Wildman–Crippen LogP) is 2.49. The van der Waals surface area contributed by atoms with Gasteiger partial charge < -0.3 is 13.9 Å². The standard InChI is InChI=1S/C17H20N2O3/c1-2-7-18-16(5-1)22-14-6-9-21-17(10-14)12-19(13-17)11-15-4-3-8-20-15/h1-5,7-8,14H,6,9-13H2/t14-/m1/s1. The molecule has 5 heteroatoms. The molecular weight excluding hydrogens is 280 g/mol. The molecule has 116 valence electrons. The van der Waals surface area contributed by atoms with E-state index < -0.39 is 0 Å². The van der Waals surface area contributed by atoms with E-state index in [2.05, 4.69) is 9.88 Å². The molecule has 0 unspecified atom stereocenters. The Hall–Kier alpha value is -1.85. The second-order valence-corrected chi connectivity index (χ2v) is 6.16. The summed E-state index contributed by atoms with van der Waals surface area (Å²) in [5.74, 6) is 1.71. The summed E-state index contributed by atoms with van der Waals surface area (Å²) in [7, 11) is 0. The monoisotopic (exact) mass is 300 g/mol. The lowest BCUT2D eigenvalue weighted by Crippen LogP contribution is -2.65. The lowest BCUT2D eigenvalue weighted by atomic mass is 9.84. The van der Waals surface area contributed by atoms with Crippen LogP contribution in [0.15, 0.2) is 47.2 Å². The molecule has 1 spiro atoms. The molecule has 2 saturated heterocycles. The van der Waals surface area contributed by atoms with Crippen molar-refractivity contribution < 1.29 is 13.9 Å². The summed E-state index contributed by atoms with van der Waals surface area (Å²) in [6.45, 7) is 3.49. The summed E-state index contributed by atoms with van der Waals surface area (Å²) in [5.41, 5.74) is -0.0513. The smallest absolute Gasteiger partial charge is 0.213 e. The first-order chi connectivity index (χ1) is 10.8. The quantitative estimate of drug-likeness (QED) is 0.868. The average molecular weight is 300 g/mol. The second kappa shape index (κ2) is 5.74. The molecule has 5 nitrogen and oxygen atoms in total. The van der Waals surface area contributed by atoms with Crippen molar-refractivity contribution in [3.05, 3.63) is 48.6 Å². The van der Waals surface area contributed by atoms with Crippen molar-refractivity contribution >= 4 is 0 Å². The van der Waals surface area contributed by atoms with Crippen LogP contribution < -0.4 is 4.74 Å². The number of likely N-dealkylation sites (tertiary alicyclic amines) is 1. The third-order valence-corrected chi connectivity index (χ3v) is 4.36. The maximum Gasteiger partial charge on any atom is 0.213 e. The van der Waals surface area contributed by atoms with Crippen LogP contribution in [-0.2, 0) is 11.3 Å². The van der Waals surface area contributed by atoms with E-state index in [1.165, 1.54) is 0 Å². The van der Waals surface area contributed by atoms with E-state index in [9.17, 15) is 0 Å². The Morgan fingerprint density at radius 1 is 1.27 bits per heavy atom. The maximum absolute atomic E-state index is 6.05. The summed E-state index contributed by atoms with van der Waals surface area (Å²) in [4.78, 5) is 6.59. The Morgan fingerprint density at radius 2 is 2.23 bits per heavy atom. The number of hydrogen-bond acceptors (Lipinski definition) is 5. The number of hydrogen-bond donors (Lipinski definition) is 0. The number of aromatic nitrogens is 1. The Labute approximate surface area is 129 Å². The molecule has 0 aromatic carbocycles. The summed E-state index contributed by atoms with van der Waals surface area (Å²) in [5, 5.41) is 0. The lowest BCUT2D eigenvalue weighted by Gasteiger charge is -2.52. The number of nitrogens with zero attached hydrogens (tertiary/aromatic N) is 2. The molecule has 4 heterocycles. The minimum Gasteiger partial charge on any atom is -0.474 e. The SMILES string of the molecule is c1ccc(O[C@@H]2CCOC3(C2)CN(Cc2ccco2)C3)nc1. The van der Waals surface area contributed by atoms with Crippen LogP contribution in [0.25, 0.3) is 0 Å². The molecule has 0 saturated carbocycles. The molecular formula is C17H20N2O3. The van der Waals surface area contributed by atoms with Gasteiger partial charge in [0.1, 0.15) is 11.9 Å². The fourth-order valence-corrected chi connectivity index (χ4v) is 3.39. The fraction of sp³-hybridized carbons (Fsp3) is 0.471. The van der Waals surface area contributed by atoms with Crippen molar-refractivity contribution in [1.82, 2.24) is 9.88 Å². The predicted molar refractivity (Wildman–Crippen MR) is 80.6 cm³/mol. The van der Waals surface area contributed by atoms with Gasteiger partial charge in [-0.05, 0) is 18.2 Å². The van der Waals surface area contributed by atoms with E-state index in [1.807, 2.05) is 30.3 Å². The Kier molecular flexibility index (Phi) is 3.60. The normalized spacial score (nSPS) is 24.1. The van der Waals surface area contributed by atoms with Crippen LogP contribution in [-0.4, -0.2) is 41.3 Å². The molecule has 2 aliphatic heterocycles. The highest BCUT2D eigenvalue weighted by atomic mass is 16.5. The third kappa shape index (κ3) is 2.87. The van der Waals surface area contributed by atoms with E-state index in [-0.39, 0.29) is 11.7 Å². The zero-order valence-corrected chi connectivity index (χ0v) is 12.5. The average Bonchev–Trinajstić information content (AvgIpc) is 3.00. The minimum absolute atomic E-state index is 0.0513. The highest BCUT2D eigenvalue weighted by Gasteiger charge is 2.48. The van der Waals surface area contributed by atoms with Gasteiger partial charge in [-0.2, -0.15) is 0 Å². The maximum atomic E-state index is 6.05. The van der Waals surface area contributed by atoms with Crippen LogP contribution in [0, 0.1) is 0 Å². The van der Waals surface area contributed by atoms with Gasteiger partial charge in [0.15, 0.2) is 0 Å². The van der Waals surface area contributed by atoms with Gasteiger partial charge >= 0.3 is 0 Å². The van der Waals surface area contributed by atoms with Crippen molar-refractivity contribution in [3.8, 4) is 5.88 Å². The molecule has 0 N–H and O–H groups in total. The number of furan rings is 1. The van der Waals surface area contributed by atoms with Crippen LogP contribution in [0.5, 0.6) is 5.88 Å². The first-order valence-electron chi connectivity index (χ1n) is 7.78. The number of pyridine rings is 1. The van der Waals surface area contributed by atoms with Gasteiger partial charge in [-0.3, -0.25) is 4.90 Å². The molecule has 0 aliphatic carbocycles. The van der Waals surface area contributed by atoms with Gasteiger partial charge in [-0.25, -0.2) is 4.98 Å². The molecule has 2 fully saturated rings. The van der Waals surface area contributed by atoms with E-state index in [1.54, 1.807) is 12.5 Å². The summed E-state index contributed by atoms with van der Waals surface area (Å²) in [6, 6.07) is 9.70. The van der Waals surface area contributed by atoms with Crippen LogP contribution in [0.4, 0.5) is 0 Å². The molecule has 2 aromatic rings. The third-order valence-electron chi connectivity index (χ3n) is 4.36. The van der Waals surface area contributed by atoms with Gasteiger partial charge in [-0.1, -0.05) is 6.07 Å². The highest BCUT2D eigenvalue weighted by Crippen LogP contribution is 2.36. The Morgan fingerprint density at radius 3 is 3.00 bits per heavy atom. The lowest BCUT2D eigenvalue weighted by molar-refractivity contribution is -0.189. The topological polar surface area (TPSA) is 47.7 Å². The van der Waals surface area contributed by atoms with Gasteiger partial charge in [0, 0.05) is 38.2 Å². The van der Waals surface area contributed by atoms with Crippen molar-refractivity contribution in [1.29, 1.82) is 0 Å². The van der Waals surface area contributed by atoms with Crippen LogP contribution in [0.1, 0.15) is 18.6 Å². The number of ether oxygens (including phenoxy) is 2. The van der Waals surface area contributed by atoms with Crippen molar-refractivity contribution in [2.45, 2.75) is 31.1 Å². The molecule has 4 rings (SSSR count). The fourth-order valence-electron chi connectivity index (χ4n) is 3.39. The largest absolute Gasteiger partial charge is 0.474 e. The summed E-state index contributed by atoms with van der Waals surface area (Å²) in [6.07, 6.45) is 5.53. The van der Waals surface area contributed by atoms with E-state index in [4.69, 9.17) is 13.9 Å². The Balaban J connectivity index is 1.32. The molecule has 0 bridgehead atoms. The van der Waals surface area contributed by atoms with Gasteiger partial charge in [0.25, 0.3) is 0 Å². The first-order valence-corrected chi connectivity index (χ1v) is 7.78. The Bertz CT molecular complexity index is 594. The first kappa shape index (κ1) is 13.8. The van der Waals surface area contributed by atoms with Crippen molar-refractivity contribution in [2.24, 2.45) is 0 Å². The van der Waals surface area contributed by atoms with Gasteiger partial charge in [0.2, 0.25) is 5.88 Å². The minimum atomic E-state index is -0.0513. The zero-order valence-electron chi connectivity index (χ0n) is 12.5.